The molecule has 0 radical (unpaired) electrons. The SMILES string of the molecule is O=C(Cc1cccc(C(F)(F)F)c1)N[C@@H]1CCN(Cc2ccccc2)C1. The lowest BCUT2D eigenvalue weighted by atomic mass is 10.1. The van der Waals surface area contributed by atoms with E-state index in [1.54, 1.807) is 6.07 Å². The molecule has 6 heteroatoms. The summed E-state index contributed by atoms with van der Waals surface area (Å²) in [5, 5.41) is 2.94. The third-order valence-corrected chi connectivity index (χ3v) is 4.51. The summed E-state index contributed by atoms with van der Waals surface area (Å²) in [6, 6.07) is 15.1. The number of rotatable bonds is 5. The lowest BCUT2D eigenvalue weighted by molar-refractivity contribution is -0.137. The maximum absolute atomic E-state index is 12.7. The normalized spacial score (nSPS) is 18.0. The number of alkyl halides is 3. The quantitative estimate of drug-likeness (QED) is 0.881. The van der Waals surface area contributed by atoms with Gasteiger partial charge in [-0.1, -0.05) is 48.5 Å². The van der Waals surface area contributed by atoms with Crippen LogP contribution in [-0.4, -0.2) is 29.9 Å². The molecule has 0 unspecified atom stereocenters. The number of likely N-dealkylation sites (tertiary alicyclic amines) is 1. The number of carbonyl (C=O) groups is 1. The number of amides is 1. The average molecular weight is 362 g/mol. The molecule has 1 heterocycles. The van der Waals surface area contributed by atoms with Crippen LogP contribution in [-0.2, 0) is 23.9 Å². The highest BCUT2D eigenvalue weighted by atomic mass is 19.4. The van der Waals surface area contributed by atoms with Gasteiger partial charge in [-0.25, -0.2) is 0 Å². The van der Waals surface area contributed by atoms with E-state index in [0.29, 0.717) is 5.56 Å². The summed E-state index contributed by atoms with van der Waals surface area (Å²) >= 11 is 0. The van der Waals surface area contributed by atoms with Gasteiger partial charge in [-0.2, -0.15) is 13.2 Å². The molecule has 1 fully saturated rings. The number of hydrogen-bond acceptors (Lipinski definition) is 2. The molecule has 1 amide bonds. The molecule has 138 valence electrons. The zero-order valence-electron chi connectivity index (χ0n) is 14.3. The first-order valence-corrected chi connectivity index (χ1v) is 8.62. The Kier molecular flexibility index (Phi) is 5.61. The average Bonchev–Trinajstić information content (AvgIpc) is 3.02. The van der Waals surface area contributed by atoms with Crippen LogP contribution in [0.1, 0.15) is 23.1 Å². The molecule has 1 aliphatic heterocycles. The van der Waals surface area contributed by atoms with E-state index in [0.717, 1.165) is 38.2 Å². The molecule has 26 heavy (non-hydrogen) atoms. The Morgan fingerprint density at radius 1 is 1.08 bits per heavy atom. The standard InChI is InChI=1S/C20H21F3N2O/c21-20(22,23)17-8-4-7-16(11-17)12-19(26)24-18-9-10-25(14-18)13-15-5-2-1-3-6-15/h1-8,11,18H,9-10,12-14H2,(H,24,26)/t18-/m1/s1. The van der Waals surface area contributed by atoms with E-state index in [2.05, 4.69) is 22.3 Å². The fourth-order valence-corrected chi connectivity index (χ4v) is 3.26. The van der Waals surface area contributed by atoms with Crippen LogP contribution in [0.3, 0.4) is 0 Å². The summed E-state index contributed by atoms with van der Waals surface area (Å²) in [5.74, 6) is -0.240. The highest BCUT2D eigenvalue weighted by Gasteiger charge is 2.30. The van der Waals surface area contributed by atoms with Gasteiger partial charge < -0.3 is 5.32 Å². The molecule has 2 aromatic carbocycles. The predicted octanol–water partition coefficient (Wildman–Crippen LogP) is 3.64. The van der Waals surface area contributed by atoms with Crippen molar-refractivity contribution in [2.75, 3.05) is 13.1 Å². The molecule has 3 rings (SSSR count). The van der Waals surface area contributed by atoms with Crippen LogP contribution in [0.25, 0.3) is 0 Å². The van der Waals surface area contributed by atoms with E-state index < -0.39 is 11.7 Å². The number of nitrogens with one attached hydrogen (secondary N) is 1. The van der Waals surface area contributed by atoms with Crippen LogP contribution in [0.2, 0.25) is 0 Å². The van der Waals surface area contributed by atoms with E-state index in [-0.39, 0.29) is 18.4 Å². The van der Waals surface area contributed by atoms with Crippen molar-refractivity contribution < 1.29 is 18.0 Å². The second kappa shape index (κ2) is 7.91. The van der Waals surface area contributed by atoms with Gasteiger partial charge in [0.05, 0.1) is 12.0 Å². The van der Waals surface area contributed by atoms with Crippen LogP contribution < -0.4 is 5.32 Å². The molecule has 0 aromatic heterocycles. The molecule has 1 atom stereocenters. The number of benzene rings is 2. The molecular formula is C20H21F3N2O. The van der Waals surface area contributed by atoms with Gasteiger partial charge in [0.1, 0.15) is 0 Å². The van der Waals surface area contributed by atoms with E-state index in [9.17, 15) is 18.0 Å². The predicted molar refractivity (Wildman–Crippen MR) is 93.4 cm³/mol. The second-order valence-electron chi connectivity index (χ2n) is 6.65. The number of nitrogens with zero attached hydrogens (tertiary/aromatic N) is 1. The van der Waals surface area contributed by atoms with Gasteiger partial charge in [0, 0.05) is 25.7 Å². The first kappa shape index (κ1) is 18.5. The molecular weight excluding hydrogens is 341 g/mol. The van der Waals surface area contributed by atoms with E-state index >= 15 is 0 Å². The van der Waals surface area contributed by atoms with E-state index in [1.807, 2.05) is 18.2 Å². The highest BCUT2D eigenvalue weighted by Crippen LogP contribution is 2.29. The van der Waals surface area contributed by atoms with Crippen LogP contribution in [0.5, 0.6) is 0 Å². The largest absolute Gasteiger partial charge is 0.416 e. The maximum Gasteiger partial charge on any atom is 0.416 e. The minimum absolute atomic E-state index is 0.0389. The van der Waals surface area contributed by atoms with Crippen LogP contribution >= 0.6 is 0 Å². The minimum atomic E-state index is -4.39. The van der Waals surface area contributed by atoms with Crippen molar-refractivity contribution in [1.82, 2.24) is 10.2 Å². The summed E-state index contributed by atoms with van der Waals surface area (Å²) in [5.41, 5.74) is 0.873. The van der Waals surface area contributed by atoms with Crippen molar-refractivity contribution >= 4 is 5.91 Å². The Morgan fingerprint density at radius 2 is 1.81 bits per heavy atom. The first-order chi connectivity index (χ1) is 12.4. The highest BCUT2D eigenvalue weighted by molar-refractivity contribution is 5.79. The van der Waals surface area contributed by atoms with Gasteiger partial charge in [0.25, 0.3) is 0 Å². The maximum atomic E-state index is 12.7. The summed E-state index contributed by atoms with van der Waals surface area (Å²) in [4.78, 5) is 14.5. The Labute approximate surface area is 150 Å². The molecule has 1 saturated heterocycles. The summed E-state index contributed by atoms with van der Waals surface area (Å²) in [7, 11) is 0. The zero-order valence-corrected chi connectivity index (χ0v) is 14.3. The number of hydrogen-bond donors (Lipinski definition) is 1. The molecule has 0 spiro atoms. The van der Waals surface area contributed by atoms with Crippen molar-refractivity contribution in [3.05, 3.63) is 71.3 Å². The molecule has 2 aromatic rings. The smallest absolute Gasteiger partial charge is 0.352 e. The Balaban J connectivity index is 1.50. The van der Waals surface area contributed by atoms with E-state index in [1.165, 1.54) is 11.6 Å². The number of carbonyl (C=O) groups excluding carboxylic acids is 1. The Morgan fingerprint density at radius 3 is 2.54 bits per heavy atom. The van der Waals surface area contributed by atoms with Crippen LogP contribution in [0.4, 0.5) is 13.2 Å². The molecule has 1 aliphatic rings. The lowest BCUT2D eigenvalue weighted by Crippen LogP contribution is -2.37. The molecule has 0 aliphatic carbocycles. The lowest BCUT2D eigenvalue weighted by Gasteiger charge is -2.17. The summed E-state index contributed by atoms with van der Waals surface area (Å²) < 4.78 is 38.2. The summed E-state index contributed by atoms with van der Waals surface area (Å²) in [6.45, 7) is 2.48. The molecule has 1 N–H and O–H groups in total. The fraction of sp³-hybridized carbons (Fsp3) is 0.350. The van der Waals surface area contributed by atoms with Gasteiger partial charge in [-0.3, -0.25) is 9.69 Å². The monoisotopic (exact) mass is 362 g/mol. The second-order valence-corrected chi connectivity index (χ2v) is 6.65. The van der Waals surface area contributed by atoms with Gasteiger partial charge >= 0.3 is 6.18 Å². The van der Waals surface area contributed by atoms with Crippen molar-refractivity contribution in [1.29, 1.82) is 0 Å². The van der Waals surface area contributed by atoms with Gasteiger partial charge in [-0.15, -0.1) is 0 Å². The van der Waals surface area contributed by atoms with Gasteiger partial charge in [0.15, 0.2) is 0 Å². The van der Waals surface area contributed by atoms with Gasteiger partial charge in [-0.05, 0) is 23.6 Å². The Bertz CT molecular complexity index is 746. The number of halogens is 3. The van der Waals surface area contributed by atoms with Crippen molar-refractivity contribution in [3.63, 3.8) is 0 Å². The third kappa shape index (κ3) is 5.08. The molecule has 0 saturated carbocycles. The van der Waals surface area contributed by atoms with Crippen LogP contribution in [0, 0.1) is 0 Å². The van der Waals surface area contributed by atoms with Crippen molar-refractivity contribution in [2.45, 2.75) is 31.6 Å². The third-order valence-electron chi connectivity index (χ3n) is 4.51. The molecule has 0 bridgehead atoms. The van der Waals surface area contributed by atoms with Crippen molar-refractivity contribution in [2.24, 2.45) is 0 Å². The fourth-order valence-electron chi connectivity index (χ4n) is 3.26. The first-order valence-electron chi connectivity index (χ1n) is 8.62. The zero-order chi connectivity index (χ0) is 18.6. The molecule has 3 nitrogen and oxygen atoms in total. The Hall–Kier alpha value is -2.34. The van der Waals surface area contributed by atoms with Gasteiger partial charge in [0.2, 0.25) is 5.91 Å². The van der Waals surface area contributed by atoms with Crippen molar-refractivity contribution in [3.8, 4) is 0 Å². The van der Waals surface area contributed by atoms with Crippen LogP contribution in [0.15, 0.2) is 54.6 Å². The topological polar surface area (TPSA) is 32.3 Å². The minimum Gasteiger partial charge on any atom is -0.352 e. The summed E-state index contributed by atoms with van der Waals surface area (Å²) in [6.07, 6.45) is -3.59. The van der Waals surface area contributed by atoms with E-state index in [4.69, 9.17) is 0 Å².